The summed E-state index contributed by atoms with van der Waals surface area (Å²) in [5.41, 5.74) is 8.66. The van der Waals surface area contributed by atoms with Gasteiger partial charge in [-0.25, -0.2) is 0 Å². The van der Waals surface area contributed by atoms with Gasteiger partial charge in [-0.15, -0.1) is 0 Å². The summed E-state index contributed by atoms with van der Waals surface area (Å²) in [6.45, 7) is 2.34. The number of rotatable bonds is 4. The summed E-state index contributed by atoms with van der Waals surface area (Å²) in [6.07, 6.45) is -2.55. The van der Waals surface area contributed by atoms with Gasteiger partial charge in [0.25, 0.3) is 0 Å². The van der Waals surface area contributed by atoms with Crippen molar-refractivity contribution in [3.05, 3.63) is 48.0 Å². The zero-order valence-corrected chi connectivity index (χ0v) is 15.3. The molecule has 28 heavy (non-hydrogen) atoms. The van der Waals surface area contributed by atoms with Gasteiger partial charge in [-0.2, -0.15) is 13.2 Å². The molecule has 7 heteroatoms. The van der Waals surface area contributed by atoms with Crippen molar-refractivity contribution in [2.45, 2.75) is 32.5 Å². The quantitative estimate of drug-likeness (QED) is 0.640. The number of carbonyl (C=O) groups excluding carboxylic acids is 1. The molecule has 1 amide bonds. The Kier molecular flexibility index (Phi) is 4.33. The number of nitrogens with zero attached hydrogens (tertiary/aromatic N) is 1. The monoisotopic (exact) mass is 387 g/mol. The van der Waals surface area contributed by atoms with Crippen LogP contribution in [0.25, 0.3) is 22.2 Å². The fraction of sp³-hybridized carbons (Fsp3) is 0.286. The molecule has 1 aromatic heterocycles. The van der Waals surface area contributed by atoms with Crippen LogP contribution in [-0.4, -0.2) is 10.5 Å². The number of alkyl halides is 3. The highest BCUT2D eigenvalue weighted by Gasteiger charge is 2.31. The van der Waals surface area contributed by atoms with Gasteiger partial charge in [-0.05, 0) is 44.0 Å². The van der Waals surface area contributed by atoms with Crippen LogP contribution in [0.1, 0.15) is 25.3 Å². The van der Waals surface area contributed by atoms with Gasteiger partial charge in [-0.1, -0.05) is 18.2 Å². The highest BCUT2D eigenvalue weighted by molar-refractivity contribution is 6.01. The van der Waals surface area contributed by atoms with Crippen molar-refractivity contribution in [1.29, 1.82) is 0 Å². The van der Waals surface area contributed by atoms with E-state index in [-0.39, 0.29) is 11.8 Å². The number of fused-ring (bicyclic) bond motifs is 1. The van der Waals surface area contributed by atoms with E-state index in [0.717, 1.165) is 30.5 Å². The number of aryl methyl sites for hydroxylation is 1. The number of halogens is 3. The molecule has 2 aromatic carbocycles. The normalized spacial score (nSPS) is 14.4. The molecule has 1 heterocycles. The number of amides is 1. The molecule has 0 unspecified atom stereocenters. The van der Waals surface area contributed by atoms with Crippen LogP contribution < -0.4 is 11.1 Å². The lowest BCUT2D eigenvalue weighted by atomic mass is 10.1. The molecule has 0 bridgehead atoms. The van der Waals surface area contributed by atoms with Crippen molar-refractivity contribution < 1.29 is 18.0 Å². The number of hydrogen-bond donors (Lipinski definition) is 2. The molecular formula is C21H20F3N3O. The summed E-state index contributed by atoms with van der Waals surface area (Å²) in [5.74, 6) is 0.135. The number of carbonyl (C=O) groups is 1. The summed E-state index contributed by atoms with van der Waals surface area (Å²) in [7, 11) is 0. The Morgan fingerprint density at radius 3 is 2.43 bits per heavy atom. The molecule has 0 radical (unpaired) electrons. The van der Waals surface area contributed by atoms with Crippen LogP contribution in [0.15, 0.2) is 42.5 Å². The lowest BCUT2D eigenvalue weighted by Crippen LogP contribution is -2.13. The number of aromatic nitrogens is 1. The first-order chi connectivity index (χ1) is 13.3. The van der Waals surface area contributed by atoms with E-state index < -0.39 is 11.7 Å². The van der Waals surface area contributed by atoms with Crippen LogP contribution in [-0.2, 0) is 17.5 Å². The second-order valence-electron chi connectivity index (χ2n) is 7.08. The van der Waals surface area contributed by atoms with Crippen LogP contribution in [0, 0.1) is 5.92 Å². The first kappa shape index (κ1) is 18.4. The zero-order chi connectivity index (χ0) is 20.1. The molecule has 146 valence electrons. The van der Waals surface area contributed by atoms with Crippen molar-refractivity contribution in [2.75, 3.05) is 11.1 Å². The molecule has 3 N–H and O–H groups in total. The van der Waals surface area contributed by atoms with Crippen LogP contribution in [0.2, 0.25) is 0 Å². The maximum absolute atomic E-state index is 13.1. The highest BCUT2D eigenvalue weighted by Crippen LogP contribution is 2.39. The van der Waals surface area contributed by atoms with Gasteiger partial charge >= 0.3 is 6.18 Å². The van der Waals surface area contributed by atoms with Gasteiger partial charge < -0.3 is 15.6 Å². The van der Waals surface area contributed by atoms with Gasteiger partial charge in [-0.3, -0.25) is 4.79 Å². The predicted octanol–water partition coefficient (Wildman–Crippen LogP) is 5.28. The molecule has 1 saturated carbocycles. The highest BCUT2D eigenvalue weighted by atomic mass is 19.4. The smallest absolute Gasteiger partial charge is 0.396 e. The summed E-state index contributed by atoms with van der Waals surface area (Å²) in [5, 5.41) is 3.47. The summed E-state index contributed by atoms with van der Waals surface area (Å²) in [4.78, 5) is 11.9. The van der Waals surface area contributed by atoms with E-state index in [1.807, 2.05) is 19.1 Å². The van der Waals surface area contributed by atoms with E-state index in [1.54, 1.807) is 16.7 Å². The summed E-state index contributed by atoms with van der Waals surface area (Å²) < 4.78 is 41.1. The van der Waals surface area contributed by atoms with E-state index in [1.165, 1.54) is 6.07 Å². The average molecular weight is 387 g/mol. The second kappa shape index (κ2) is 6.58. The SMILES string of the molecule is CCn1c(-c2ccc(NC(=O)C3CC3)cc2)c(N)c2ccc(C(F)(F)F)cc21. The predicted molar refractivity (Wildman–Crippen MR) is 104 cm³/mol. The van der Waals surface area contributed by atoms with Crippen LogP contribution in [0.4, 0.5) is 24.5 Å². The fourth-order valence-corrected chi connectivity index (χ4v) is 3.49. The third-order valence-electron chi connectivity index (χ3n) is 5.12. The minimum absolute atomic E-state index is 0.0228. The standard InChI is InChI=1S/C21H20F3N3O/c1-2-27-17-11-14(21(22,23)24)7-10-16(17)18(25)19(27)12-5-8-15(9-6-12)26-20(28)13-3-4-13/h5-11,13H,2-4,25H2,1H3,(H,26,28). The number of nitrogens with one attached hydrogen (secondary N) is 1. The fourth-order valence-electron chi connectivity index (χ4n) is 3.49. The van der Waals surface area contributed by atoms with E-state index >= 15 is 0 Å². The van der Waals surface area contributed by atoms with Gasteiger partial charge in [0.05, 0.1) is 22.5 Å². The van der Waals surface area contributed by atoms with Gasteiger partial charge in [0.2, 0.25) is 5.91 Å². The van der Waals surface area contributed by atoms with E-state index in [4.69, 9.17) is 5.73 Å². The topological polar surface area (TPSA) is 60.0 Å². The molecule has 1 fully saturated rings. The van der Waals surface area contributed by atoms with E-state index in [2.05, 4.69) is 5.32 Å². The number of hydrogen-bond acceptors (Lipinski definition) is 2. The van der Waals surface area contributed by atoms with Gasteiger partial charge in [0, 0.05) is 29.1 Å². The first-order valence-electron chi connectivity index (χ1n) is 9.19. The van der Waals surface area contributed by atoms with E-state index in [0.29, 0.717) is 34.5 Å². The maximum Gasteiger partial charge on any atom is 0.416 e. The molecule has 1 aliphatic rings. The number of benzene rings is 2. The number of nitrogen functional groups attached to an aromatic ring is 1. The summed E-state index contributed by atoms with van der Waals surface area (Å²) in [6, 6.07) is 10.8. The Hall–Kier alpha value is -2.96. The van der Waals surface area contributed by atoms with Crippen LogP contribution >= 0.6 is 0 Å². The lowest BCUT2D eigenvalue weighted by Gasteiger charge is -2.11. The van der Waals surface area contributed by atoms with Crippen LogP contribution in [0.5, 0.6) is 0 Å². The Bertz CT molecular complexity index is 1050. The minimum Gasteiger partial charge on any atom is -0.396 e. The maximum atomic E-state index is 13.1. The Morgan fingerprint density at radius 1 is 1.18 bits per heavy atom. The third-order valence-corrected chi connectivity index (χ3v) is 5.12. The molecule has 0 saturated heterocycles. The molecular weight excluding hydrogens is 367 g/mol. The average Bonchev–Trinajstić information content (AvgIpc) is 3.47. The Balaban J connectivity index is 1.75. The third kappa shape index (κ3) is 3.21. The largest absolute Gasteiger partial charge is 0.416 e. The summed E-state index contributed by atoms with van der Waals surface area (Å²) >= 11 is 0. The molecule has 3 aromatic rings. The molecule has 1 aliphatic carbocycles. The lowest BCUT2D eigenvalue weighted by molar-refractivity contribution is -0.137. The zero-order valence-electron chi connectivity index (χ0n) is 15.3. The van der Waals surface area contributed by atoms with Crippen molar-refractivity contribution in [2.24, 2.45) is 5.92 Å². The Labute approximate surface area is 160 Å². The van der Waals surface area contributed by atoms with Crippen molar-refractivity contribution in [3.63, 3.8) is 0 Å². The molecule has 0 aliphatic heterocycles. The molecule has 4 rings (SSSR count). The Morgan fingerprint density at radius 2 is 1.86 bits per heavy atom. The first-order valence-corrected chi connectivity index (χ1v) is 9.19. The van der Waals surface area contributed by atoms with Gasteiger partial charge in [0.1, 0.15) is 0 Å². The number of anilines is 2. The van der Waals surface area contributed by atoms with Gasteiger partial charge in [0.15, 0.2) is 0 Å². The van der Waals surface area contributed by atoms with E-state index in [9.17, 15) is 18.0 Å². The molecule has 0 atom stereocenters. The van der Waals surface area contributed by atoms with Crippen molar-refractivity contribution in [1.82, 2.24) is 4.57 Å². The minimum atomic E-state index is -4.41. The van der Waals surface area contributed by atoms with Crippen molar-refractivity contribution in [3.8, 4) is 11.3 Å². The number of nitrogens with two attached hydrogens (primary N) is 1. The van der Waals surface area contributed by atoms with Crippen molar-refractivity contribution >= 4 is 28.2 Å². The second-order valence-corrected chi connectivity index (χ2v) is 7.08. The molecule has 4 nitrogen and oxygen atoms in total. The van der Waals surface area contributed by atoms with Crippen LogP contribution in [0.3, 0.4) is 0 Å². The molecule has 0 spiro atoms.